The van der Waals surface area contributed by atoms with E-state index in [-0.39, 0.29) is 11.1 Å². The Bertz CT molecular complexity index is 1070. The summed E-state index contributed by atoms with van der Waals surface area (Å²) < 4.78 is 22.3. The Morgan fingerprint density at radius 3 is 2.30 bits per heavy atom. The Hall–Kier alpha value is -3.64. The number of amides is 2. The van der Waals surface area contributed by atoms with Gasteiger partial charge in [-0.15, -0.1) is 0 Å². The second kappa shape index (κ2) is 8.80. The molecule has 0 aliphatic carbocycles. The van der Waals surface area contributed by atoms with E-state index in [0.29, 0.717) is 40.2 Å². The number of nitrogen functional groups attached to an aromatic ring is 1. The molecule has 1 aliphatic rings. The van der Waals surface area contributed by atoms with E-state index in [1.807, 2.05) is 6.92 Å². The van der Waals surface area contributed by atoms with Crippen molar-refractivity contribution in [1.82, 2.24) is 5.32 Å². The number of nitrogens with zero attached hydrogens (tertiary/aromatic N) is 2. The number of aliphatic imine (C=N–C) groups is 2. The molecule has 30 heavy (non-hydrogen) atoms. The van der Waals surface area contributed by atoms with Crippen molar-refractivity contribution in [3.63, 3.8) is 0 Å². The molecule has 2 atom stereocenters. The molecular formula is C18H21N8O3S-. The third-order valence-electron chi connectivity index (χ3n) is 4.06. The van der Waals surface area contributed by atoms with Crippen LogP contribution in [-0.2, 0) is 11.1 Å². The summed E-state index contributed by atoms with van der Waals surface area (Å²) in [6.07, 6.45) is -0.372. The summed E-state index contributed by atoms with van der Waals surface area (Å²) in [4.78, 5) is 20.1. The molecule has 11 nitrogen and oxygen atoms in total. The first-order chi connectivity index (χ1) is 14.2. The molecule has 2 aromatic carbocycles. The van der Waals surface area contributed by atoms with Gasteiger partial charge in [0.25, 0.3) is 0 Å². The summed E-state index contributed by atoms with van der Waals surface area (Å²) >= 11 is -2.29. The van der Waals surface area contributed by atoms with Crippen LogP contribution in [0.5, 0.6) is 0 Å². The number of anilines is 4. The minimum absolute atomic E-state index is 0.236. The van der Waals surface area contributed by atoms with Gasteiger partial charge in [0.05, 0.1) is 11.4 Å². The van der Waals surface area contributed by atoms with Gasteiger partial charge in [-0.3, -0.25) is 9.53 Å². The molecule has 1 heterocycles. The maximum absolute atomic E-state index is 11.2. The van der Waals surface area contributed by atoms with Gasteiger partial charge in [-0.1, -0.05) is 0 Å². The van der Waals surface area contributed by atoms with E-state index in [1.165, 1.54) is 6.07 Å². The van der Waals surface area contributed by atoms with Crippen molar-refractivity contribution in [2.24, 2.45) is 15.7 Å². The van der Waals surface area contributed by atoms with Crippen LogP contribution in [0.25, 0.3) is 0 Å². The zero-order chi connectivity index (χ0) is 21.8. The summed E-state index contributed by atoms with van der Waals surface area (Å²) in [5.74, 6) is 0.852. The normalized spacial score (nSPS) is 16.6. The van der Waals surface area contributed by atoms with Crippen molar-refractivity contribution in [3.05, 3.63) is 42.0 Å². The van der Waals surface area contributed by atoms with Crippen LogP contribution < -0.4 is 32.7 Å². The number of hydrogen-bond donors (Lipinski definition) is 6. The Morgan fingerprint density at radius 2 is 1.73 bits per heavy atom. The third kappa shape index (κ3) is 5.24. The number of nitrogens with one attached hydrogen (secondary N) is 4. The third-order valence-corrected chi connectivity index (χ3v) is 4.88. The van der Waals surface area contributed by atoms with Gasteiger partial charge in [-0.05, 0) is 66.9 Å². The van der Waals surface area contributed by atoms with Crippen LogP contribution in [0.4, 0.5) is 27.5 Å². The number of benzene rings is 2. The number of urea groups is 1. The summed E-state index contributed by atoms with van der Waals surface area (Å²) in [5.41, 5.74) is 13.6. The Kier molecular flexibility index (Phi) is 6.18. The second-order valence-corrected chi connectivity index (χ2v) is 7.38. The first-order valence-corrected chi connectivity index (χ1v) is 9.91. The molecular weight excluding hydrogens is 408 g/mol. The molecule has 158 valence electrons. The van der Waals surface area contributed by atoms with Gasteiger partial charge in [0, 0.05) is 16.3 Å². The van der Waals surface area contributed by atoms with Gasteiger partial charge >= 0.3 is 6.03 Å². The number of primary amides is 1. The van der Waals surface area contributed by atoms with E-state index in [2.05, 4.69) is 31.3 Å². The van der Waals surface area contributed by atoms with Crippen molar-refractivity contribution < 1.29 is 13.6 Å². The highest BCUT2D eigenvalue weighted by Gasteiger charge is 2.15. The Labute approximate surface area is 175 Å². The molecule has 12 heteroatoms. The molecule has 0 saturated heterocycles. The van der Waals surface area contributed by atoms with Crippen LogP contribution in [0.15, 0.2) is 51.3 Å². The monoisotopic (exact) mass is 429 g/mol. The molecule has 2 amide bonds. The number of hydrogen-bond acceptors (Lipinski definition) is 9. The zero-order valence-electron chi connectivity index (χ0n) is 16.2. The zero-order valence-corrected chi connectivity index (χ0v) is 17.0. The van der Waals surface area contributed by atoms with Gasteiger partial charge in [0.15, 0.2) is 0 Å². The van der Waals surface area contributed by atoms with E-state index in [0.717, 1.165) is 0 Å². The highest BCUT2D eigenvalue weighted by molar-refractivity contribution is 7.79. The molecule has 0 saturated carbocycles. The largest absolute Gasteiger partial charge is 0.768 e. The smallest absolute Gasteiger partial charge is 0.316 e. The molecule has 0 spiro atoms. The molecule has 0 radical (unpaired) electrons. The van der Waals surface area contributed by atoms with Gasteiger partial charge in [-0.25, -0.2) is 14.8 Å². The second-order valence-electron chi connectivity index (χ2n) is 6.47. The number of rotatable bonds is 4. The van der Waals surface area contributed by atoms with Gasteiger partial charge in [0.1, 0.15) is 6.17 Å². The van der Waals surface area contributed by atoms with Crippen LogP contribution >= 0.6 is 0 Å². The molecule has 2 aromatic rings. The van der Waals surface area contributed by atoms with Crippen molar-refractivity contribution in [2.75, 3.05) is 21.7 Å². The summed E-state index contributed by atoms with van der Waals surface area (Å²) in [5, 5.41) is 11.7. The average molecular weight is 429 g/mol. The average Bonchev–Trinajstić information content (AvgIpc) is 2.63. The Balaban J connectivity index is 1.72. The number of guanidine groups is 2. The summed E-state index contributed by atoms with van der Waals surface area (Å²) in [6, 6.07) is 9.12. The van der Waals surface area contributed by atoms with Gasteiger partial charge in [0.2, 0.25) is 11.9 Å². The van der Waals surface area contributed by atoms with Crippen LogP contribution in [0.3, 0.4) is 0 Å². The lowest BCUT2D eigenvalue weighted by atomic mass is 10.2. The fourth-order valence-electron chi connectivity index (χ4n) is 2.77. The number of aryl methyl sites for hydroxylation is 1. The minimum Gasteiger partial charge on any atom is -0.768 e. The molecule has 0 fully saturated rings. The van der Waals surface area contributed by atoms with E-state index in [4.69, 9.17) is 11.5 Å². The van der Waals surface area contributed by atoms with Crippen LogP contribution in [0.1, 0.15) is 12.5 Å². The number of carbonyl (C=O) groups excluding carboxylic acids is 1. The quantitative estimate of drug-likeness (QED) is 0.314. The summed E-state index contributed by atoms with van der Waals surface area (Å²) in [7, 11) is 0. The maximum atomic E-state index is 11.2. The van der Waals surface area contributed by atoms with Crippen LogP contribution in [0.2, 0.25) is 0 Å². The molecule has 0 bridgehead atoms. The van der Waals surface area contributed by atoms with Crippen molar-refractivity contribution >= 4 is 51.8 Å². The van der Waals surface area contributed by atoms with Crippen molar-refractivity contribution in [3.8, 4) is 0 Å². The lowest BCUT2D eigenvalue weighted by Gasteiger charge is -2.22. The fourth-order valence-corrected chi connectivity index (χ4v) is 3.27. The van der Waals surface area contributed by atoms with Crippen molar-refractivity contribution in [1.29, 1.82) is 0 Å². The molecule has 8 N–H and O–H groups in total. The minimum atomic E-state index is -2.29. The van der Waals surface area contributed by atoms with Crippen LogP contribution in [-0.4, -0.2) is 32.9 Å². The van der Waals surface area contributed by atoms with Crippen LogP contribution in [0, 0.1) is 6.92 Å². The molecule has 2 unspecified atom stereocenters. The topological polar surface area (TPSA) is 182 Å². The fraction of sp³-hybridized carbons (Fsp3) is 0.167. The van der Waals surface area contributed by atoms with Gasteiger partial charge in [-0.2, -0.15) is 0 Å². The van der Waals surface area contributed by atoms with Gasteiger partial charge < -0.3 is 32.0 Å². The lowest BCUT2D eigenvalue weighted by Crippen LogP contribution is -2.44. The molecule has 3 rings (SSSR count). The lowest BCUT2D eigenvalue weighted by molar-refractivity contribution is 0.259. The SMILES string of the molecule is Cc1cc(NC2=NC(C)N=C(Nc3ccc(N)c(NC(N)=O)c3)N2)ccc1S(=O)[O-]. The highest BCUT2D eigenvalue weighted by Crippen LogP contribution is 2.23. The number of nitrogens with two attached hydrogens (primary N) is 2. The first-order valence-electron chi connectivity index (χ1n) is 8.84. The first kappa shape index (κ1) is 21.1. The standard InChI is InChI=1S/C18H22N8O3S/c1-9-7-11(4-6-15(9)30(28)29)23-17-21-10(2)22-18(26-17)24-12-3-5-13(19)14(8-12)25-16(20)27/h3-8,10H,19H2,1-2H3,(H,28,29)(H3,20,25,27)(H3,21,22,23,24,26)/p-1. The van der Waals surface area contributed by atoms with Crippen molar-refractivity contribution in [2.45, 2.75) is 24.9 Å². The maximum Gasteiger partial charge on any atom is 0.316 e. The highest BCUT2D eigenvalue weighted by atomic mass is 32.2. The Morgan fingerprint density at radius 1 is 1.13 bits per heavy atom. The molecule has 0 aromatic heterocycles. The van der Waals surface area contributed by atoms with E-state index in [1.54, 1.807) is 37.3 Å². The summed E-state index contributed by atoms with van der Waals surface area (Å²) in [6.45, 7) is 3.52. The predicted octanol–water partition coefficient (Wildman–Crippen LogP) is 1.49. The predicted molar refractivity (Wildman–Crippen MR) is 117 cm³/mol. The van der Waals surface area contributed by atoms with E-state index in [9.17, 15) is 13.6 Å². The van der Waals surface area contributed by atoms with E-state index < -0.39 is 17.1 Å². The number of carbonyl (C=O) groups is 1. The molecule has 1 aliphatic heterocycles. The van der Waals surface area contributed by atoms with E-state index >= 15 is 0 Å².